The van der Waals surface area contributed by atoms with Gasteiger partial charge in [-0.3, -0.25) is 19.5 Å². The van der Waals surface area contributed by atoms with E-state index in [4.69, 9.17) is 4.42 Å². The standard InChI is InChI=1S/C26H29N7O3/c1-17-6-9-20(10-7-17)33(23(19-12-14-27-15-13-19)25(35)28-26(3,4)5)22(34)16-32-30-24(29-31-32)21-11-8-18(2)36-21/h6-15,23H,16H2,1-5H3,(H,28,35). The number of nitrogens with zero attached hydrogens (tertiary/aromatic N) is 6. The zero-order valence-corrected chi connectivity index (χ0v) is 21.0. The Morgan fingerprint density at radius 1 is 1.03 bits per heavy atom. The van der Waals surface area contributed by atoms with Gasteiger partial charge in [0.25, 0.3) is 5.91 Å². The molecule has 4 aromatic rings. The molecule has 0 radical (unpaired) electrons. The van der Waals surface area contributed by atoms with Crippen molar-refractivity contribution >= 4 is 17.5 Å². The molecular formula is C26H29N7O3. The minimum atomic E-state index is -0.946. The number of aromatic nitrogens is 5. The quantitative estimate of drug-likeness (QED) is 0.423. The van der Waals surface area contributed by atoms with Crippen LogP contribution in [-0.4, -0.2) is 42.5 Å². The third-order valence-electron chi connectivity index (χ3n) is 5.30. The van der Waals surface area contributed by atoms with Gasteiger partial charge in [0, 0.05) is 23.6 Å². The number of furan rings is 1. The molecule has 0 saturated heterocycles. The molecule has 0 aliphatic carbocycles. The van der Waals surface area contributed by atoms with Gasteiger partial charge in [-0.15, -0.1) is 10.2 Å². The largest absolute Gasteiger partial charge is 0.458 e. The molecule has 3 aromatic heterocycles. The maximum atomic E-state index is 13.8. The molecule has 0 fully saturated rings. The van der Waals surface area contributed by atoms with Gasteiger partial charge >= 0.3 is 0 Å². The van der Waals surface area contributed by atoms with E-state index in [-0.39, 0.29) is 24.2 Å². The van der Waals surface area contributed by atoms with E-state index < -0.39 is 11.6 Å². The molecule has 4 rings (SSSR count). The fourth-order valence-corrected chi connectivity index (χ4v) is 3.70. The summed E-state index contributed by atoms with van der Waals surface area (Å²) in [5.74, 6) is 0.744. The number of pyridine rings is 1. The van der Waals surface area contributed by atoms with Crippen molar-refractivity contribution in [3.63, 3.8) is 0 Å². The highest BCUT2D eigenvalue weighted by Crippen LogP contribution is 2.29. The molecule has 1 N–H and O–H groups in total. The Balaban J connectivity index is 1.72. The third-order valence-corrected chi connectivity index (χ3v) is 5.30. The van der Waals surface area contributed by atoms with Crippen LogP contribution in [-0.2, 0) is 16.1 Å². The summed E-state index contributed by atoms with van der Waals surface area (Å²) >= 11 is 0. The van der Waals surface area contributed by atoms with Gasteiger partial charge in [0.2, 0.25) is 11.7 Å². The highest BCUT2D eigenvalue weighted by Gasteiger charge is 2.34. The van der Waals surface area contributed by atoms with Crippen LogP contribution in [0.1, 0.15) is 43.7 Å². The van der Waals surface area contributed by atoms with Gasteiger partial charge in [-0.05, 0) is 81.8 Å². The maximum Gasteiger partial charge on any atom is 0.251 e. The molecule has 1 aromatic carbocycles. The van der Waals surface area contributed by atoms with Crippen molar-refractivity contribution in [1.82, 2.24) is 30.5 Å². The molecule has 0 saturated carbocycles. The van der Waals surface area contributed by atoms with Crippen LogP contribution >= 0.6 is 0 Å². The van der Waals surface area contributed by atoms with Crippen molar-refractivity contribution in [3.05, 3.63) is 77.8 Å². The van der Waals surface area contributed by atoms with E-state index in [1.54, 1.807) is 36.7 Å². The zero-order valence-electron chi connectivity index (χ0n) is 21.0. The summed E-state index contributed by atoms with van der Waals surface area (Å²) in [5.41, 5.74) is 1.72. The molecule has 0 spiro atoms. The lowest BCUT2D eigenvalue weighted by molar-refractivity contribution is -0.128. The number of amides is 2. The van der Waals surface area contributed by atoms with Gasteiger partial charge in [0.05, 0.1) is 0 Å². The number of rotatable bonds is 7. The lowest BCUT2D eigenvalue weighted by Gasteiger charge is -2.33. The SMILES string of the molecule is Cc1ccc(N(C(=O)Cn2nnc(-c3ccc(C)o3)n2)C(C(=O)NC(C)(C)C)c2ccncc2)cc1. The van der Waals surface area contributed by atoms with Crippen molar-refractivity contribution in [2.45, 2.75) is 52.7 Å². The number of tetrazole rings is 1. The average molecular weight is 488 g/mol. The maximum absolute atomic E-state index is 13.8. The first-order valence-corrected chi connectivity index (χ1v) is 11.6. The summed E-state index contributed by atoms with van der Waals surface area (Å²) in [6.07, 6.45) is 3.20. The van der Waals surface area contributed by atoms with E-state index >= 15 is 0 Å². The molecule has 1 unspecified atom stereocenters. The predicted octanol–water partition coefficient (Wildman–Crippen LogP) is 3.63. The normalized spacial score (nSPS) is 12.2. The Kier molecular flexibility index (Phi) is 6.96. The Morgan fingerprint density at radius 3 is 2.33 bits per heavy atom. The van der Waals surface area contributed by atoms with Crippen LogP contribution in [0.2, 0.25) is 0 Å². The Bertz CT molecular complexity index is 1340. The van der Waals surface area contributed by atoms with Gasteiger partial charge in [0.1, 0.15) is 18.3 Å². The first kappa shape index (κ1) is 24.8. The van der Waals surface area contributed by atoms with Crippen molar-refractivity contribution < 1.29 is 14.0 Å². The van der Waals surface area contributed by atoms with Gasteiger partial charge in [0.15, 0.2) is 5.76 Å². The van der Waals surface area contributed by atoms with E-state index in [1.807, 2.05) is 58.9 Å². The minimum Gasteiger partial charge on any atom is -0.458 e. The highest BCUT2D eigenvalue weighted by molar-refractivity contribution is 6.01. The van der Waals surface area contributed by atoms with Crippen LogP contribution in [0.3, 0.4) is 0 Å². The van der Waals surface area contributed by atoms with E-state index in [9.17, 15) is 9.59 Å². The molecule has 2 amide bonds. The van der Waals surface area contributed by atoms with Crippen molar-refractivity contribution in [2.75, 3.05) is 4.90 Å². The molecular weight excluding hydrogens is 458 g/mol. The number of nitrogens with one attached hydrogen (secondary N) is 1. The van der Waals surface area contributed by atoms with Crippen LogP contribution in [0, 0.1) is 13.8 Å². The van der Waals surface area contributed by atoms with Gasteiger partial charge in [-0.25, -0.2) is 0 Å². The summed E-state index contributed by atoms with van der Waals surface area (Å²) in [7, 11) is 0. The monoisotopic (exact) mass is 487 g/mol. The second-order valence-corrected chi connectivity index (χ2v) is 9.58. The number of carbonyl (C=O) groups excluding carboxylic acids is 2. The van der Waals surface area contributed by atoms with Crippen LogP contribution in [0.25, 0.3) is 11.6 Å². The number of hydrogen-bond acceptors (Lipinski definition) is 7. The fourth-order valence-electron chi connectivity index (χ4n) is 3.70. The van der Waals surface area contributed by atoms with Crippen LogP contribution in [0.5, 0.6) is 0 Å². The first-order chi connectivity index (χ1) is 17.1. The van der Waals surface area contributed by atoms with E-state index in [1.165, 1.54) is 9.70 Å². The van der Waals surface area contributed by atoms with Gasteiger partial charge in [-0.1, -0.05) is 17.7 Å². The predicted molar refractivity (Wildman–Crippen MR) is 134 cm³/mol. The number of benzene rings is 1. The summed E-state index contributed by atoms with van der Waals surface area (Å²) in [6, 6.07) is 13.5. The summed E-state index contributed by atoms with van der Waals surface area (Å²) in [6.45, 7) is 9.22. The minimum absolute atomic E-state index is 0.231. The lowest BCUT2D eigenvalue weighted by atomic mass is 10.0. The van der Waals surface area contributed by atoms with E-state index in [2.05, 4.69) is 25.7 Å². The summed E-state index contributed by atoms with van der Waals surface area (Å²) in [4.78, 5) is 34.2. The molecule has 0 aliphatic heterocycles. The molecule has 36 heavy (non-hydrogen) atoms. The van der Waals surface area contributed by atoms with Crippen molar-refractivity contribution in [2.24, 2.45) is 0 Å². The lowest BCUT2D eigenvalue weighted by Crippen LogP contribution is -2.50. The molecule has 0 aliphatic rings. The van der Waals surface area contributed by atoms with Crippen LogP contribution in [0.15, 0.2) is 65.3 Å². The molecule has 3 heterocycles. The number of aryl methyl sites for hydroxylation is 2. The molecule has 186 valence electrons. The van der Waals surface area contributed by atoms with E-state index in [0.29, 0.717) is 22.8 Å². The highest BCUT2D eigenvalue weighted by atomic mass is 16.3. The van der Waals surface area contributed by atoms with Crippen molar-refractivity contribution in [1.29, 1.82) is 0 Å². The fraction of sp³-hybridized carbons (Fsp3) is 0.308. The molecule has 10 nitrogen and oxygen atoms in total. The molecule has 10 heteroatoms. The summed E-state index contributed by atoms with van der Waals surface area (Å²) in [5, 5.41) is 15.4. The average Bonchev–Trinajstić information content (AvgIpc) is 3.46. The third kappa shape index (κ3) is 5.83. The molecule has 0 bridgehead atoms. The Labute approximate surface area is 209 Å². The van der Waals surface area contributed by atoms with Crippen LogP contribution in [0.4, 0.5) is 5.69 Å². The summed E-state index contributed by atoms with van der Waals surface area (Å²) < 4.78 is 5.56. The van der Waals surface area contributed by atoms with Gasteiger partial charge in [-0.2, -0.15) is 4.80 Å². The first-order valence-electron chi connectivity index (χ1n) is 11.6. The van der Waals surface area contributed by atoms with Gasteiger partial charge < -0.3 is 9.73 Å². The second kappa shape index (κ2) is 10.1. The second-order valence-electron chi connectivity index (χ2n) is 9.58. The smallest absolute Gasteiger partial charge is 0.251 e. The Hall–Kier alpha value is -4.34. The molecule has 1 atom stereocenters. The number of anilines is 1. The number of hydrogen-bond donors (Lipinski definition) is 1. The zero-order chi connectivity index (χ0) is 25.9. The van der Waals surface area contributed by atoms with E-state index in [0.717, 1.165) is 5.56 Å². The Morgan fingerprint density at radius 2 is 1.72 bits per heavy atom. The van der Waals surface area contributed by atoms with Crippen LogP contribution < -0.4 is 10.2 Å². The number of carbonyl (C=O) groups is 2. The van der Waals surface area contributed by atoms with Crippen molar-refractivity contribution in [3.8, 4) is 11.6 Å². The topological polar surface area (TPSA) is 119 Å².